The summed E-state index contributed by atoms with van der Waals surface area (Å²) in [6.45, 7) is 4.96. The zero-order chi connectivity index (χ0) is 16.0. The minimum absolute atomic E-state index is 0.0106. The molecule has 0 aromatic carbocycles. The van der Waals surface area contributed by atoms with E-state index in [1.54, 1.807) is 12.4 Å². The van der Waals surface area contributed by atoms with E-state index < -0.39 is 0 Å². The Morgan fingerprint density at radius 2 is 2.04 bits per heavy atom. The Hall–Kier alpha value is -2.17. The lowest BCUT2D eigenvalue weighted by Gasteiger charge is -2.31. The molecule has 5 nitrogen and oxygen atoms in total. The lowest BCUT2D eigenvalue weighted by molar-refractivity contribution is 0.0656. The van der Waals surface area contributed by atoms with Crippen LogP contribution in [-0.4, -0.2) is 37.8 Å². The highest BCUT2D eigenvalue weighted by Gasteiger charge is 2.38. The Morgan fingerprint density at radius 1 is 1.26 bits per heavy atom. The second-order valence-corrected chi connectivity index (χ2v) is 7.03. The van der Waals surface area contributed by atoms with E-state index in [2.05, 4.69) is 36.0 Å². The summed E-state index contributed by atoms with van der Waals surface area (Å²) in [5.41, 5.74) is 1.08. The Bertz CT molecular complexity index is 763. The van der Waals surface area contributed by atoms with E-state index in [0.29, 0.717) is 23.2 Å². The molecule has 4 rings (SSSR count). The van der Waals surface area contributed by atoms with Crippen LogP contribution in [0.25, 0.3) is 5.65 Å². The van der Waals surface area contributed by atoms with Crippen molar-refractivity contribution < 1.29 is 4.79 Å². The fraction of sp³-hybridized carbons (Fsp3) is 0.500. The summed E-state index contributed by atoms with van der Waals surface area (Å²) in [6.07, 6.45) is 14.2. The third-order valence-electron chi connectivity index (χ3n) is 5.25. The number of nitrogens with zero attached hydrogens (tertiary/aromatic N) is 4. The van der Waals surface area contributed by atoms with Gasteiger partial charge in [-0.25, -0.2) is 9.97 Å². The van der Waals surface area contributed by atoms with E-state index in [1.807, 2.05) is 21.7 Å². The molecule has 2 heterocycles. The zero-order valence-corrected chi connectivity index (χ0v) is 13.6. The number of carbonyl (C=O) groups excluding carboxylic acids is 1. The van der Waals surface area contributed by atoms with Gasteiger partial charge in [-0.1, -0.05) is 12.2 Å². The monoisotopic (exact) mass is 310 g/mol. The van der Waals surface area contributed by atoms with Crippen LogP contribution in [0.1, 0.15) is 37.2 Å². The number of carbonyl (C=O) groups is 1. The fourth-order valence-electron chi connectivity index (χ4n) is 4.03. The summed E-state index contributed by atoms with van der Waals surface area (Å²) in [7, 11) is 0. The van der Waals surface area contributed by atoms with Gasteiger partial charge < -0.3 is 9.30 Å². The zero-order valence-electron chi connectivity index (χ0n) is 13.6. The maximum Gasteiger partial charge on any atom is 0.276 e. The van der Waals surface area contributed by atoms with Gasteiger partial charge >= 0.3 is 0 Å². The van der Waals surface area contributed by atoms with Crippen molar-refractivity contribution in [2.75, 3.05) is 6.54 Å². The molecule has 5 heteroatoms. The van der Waals surface area contributed by atoms with Crippen LogP contribution >= 0.6 is 0 Å². The van der Waals surface area contributed by atoms with Crippen LogP contribution in [0.4, 0.5) is 0 Å². The van der Waals surface area contributed by atoms with E-state index in [-0.39, 0.29) is 11.9 Å². The number of hydrogen-bond donors (Lipinski definition) is 0. The molecule has 0 saturated heterocycles. The summed E-state index contributed by atoms with van der Waals surface area (Å²) in [5, 5.41) is 0. The Balaban J connectivity index is 1.61. The molecule has 2 aromatic rings. The lowest BCUT2D eigenvalue weighted by Crippen LogP contribution is -2.41. The normalized spacial score (nSPS) is 25.6. The van der Waals surface area contributed by atoms with Crippen LogP contribution in [0.5, 0.6) is 0 Å². The van der Waals surface area contributed by atoms with Crippen molar-refractivity contribution in [3.05, 3.63) is 42.6 Å². The molecular weight excluding hydrogens is 288 g/mol. The number of fused-ring (bicyclic) bond motifs is 3. The lowest BCUT2D eigenvalue weighted by atomic mass is 9.92. The molecule has 2 aromatic heterocycles. The fourth-order valence-corrected chi connectivity index (χ4v) is 4.03. The molecule has 0 aliphatic heterocycles. The van der Waals surface area contributed by atoms with Crippen LogP contribution < -0.4 is 0 Å². The summed E-state index contributed by atoms with van der Waals surface area (Å²) >= 11 is 0. The van der Waals surface area contributed by atoms with E-state index in [9.17, 15) is 4.79 Å². The molecule has 3 atom stereocenters. The smallest absolute Gasteiger partial charge is 0.276 e. The minimum atomic E-state index is -0.0106. The van der Waals surface area contributed by atoms with Gasteiger partial charge in [0.25, 0.3) is 5.91 Å². The predicted molar refractivity (Wildman–Crippen MR) is 88.0 cm³/mol. The molecule has 0 spiro atoms. The van der Waals surface area contributed by atoms with Crippen LogP contribution in [0.15, 0.2) is 36.9 Å². The molecule has 2 bridgehead atoms. The molecule has 120 valence electrons. The number of aromatic nitrogens is 3. The van der Waals surface area contributed by atoms with Gasteiger partial charge in [0.05, 0.1) is 0 Å². The van der Waals surface area contributed by atoms with Crippen molar-refractivity contribution in [3.8, 4) is 0 Å². The first-order chi connectivity index (χ1) is 11.1. The summed E-state index contributed by atoms with van der Waals surface area (Å²) in [6, 6.07) is 0.155. The topological polar surface area (TPSA) is 50.5 Å². The van der Waals surface area contributed by atoms with Crippen molar-refractivity contribution in [1.82, 2.24) is 19.3 Å². The van der Waals surface area contributed by atoms with Gasteiger partial charge in [0.2, 0.25) is 0 Å². The maximum absolute atomic E-state index is 13.1. The largest absolute Gasteiger partial charge is 0.334 e. The third-order valence-corrected chi connectivity index (χ3v) is 5.25. The molecular formula is C18H22N4O. The minimum Gasteiger partial charge on any atom is -0.334 e. The standard InChI is InChI=1S/C18H22N4O/c1-12(2)22(11-15-10-13-3-4-14(15)9-13)18(23)16-17-20-6-8-21(17)7-5-19-16/h3-8,12-15H,9-11H2,1-2H3/t13-,14-,15+/m0/s1. The summed E-state index contributed by atoms with van der Waals surface area (Å²) < 4.78 is 1.85. The first-order valence-corrected chi connectivity index (χ1v) is 8.40. The second kappa shape index (κ2) is 5.48. The number of hydrogen-bond acceptors (Lipinski definition) is 3. The molecule has 2 aliphatic carbocycles. The molecule has 0 radical (unpaired) electrons. The molecule has 0 N–H and O–H groups in total. The number of imidazole rings is 1. The van der Waals surface area contributed by atoms with Crippen LogP contribution in [0.3, 0.4) is 0 Å². The van der Waals surface area contributed by atoms with E-state index >= 15 is 0 Å². The van der Waals surface area contributed by atoms with Crippen molar-refractivity contribution in [1.29, 1.82) is 0 Å². The van der Waals surface area contributed by atoms with E-state index in [4.69, 9.17) is 0 Å². The van der Waals surface area contributed by atoms with Crippen molar-refractivity contribution in [2.45, 2.75) is 32.7 Å². The van der Waals surface area contributed by atoms with Crippen LogP contribution in [0.2, 0.25) is 0 Å². The number of rotatable bonds is 4. The van der Waals surface area contributed by atoms with Gasteiger partial charge in [0.15, 0.2) is 11.3 Å². The third kappa shape index (κ3) is 2.44. The van der Waals surface area contributed by atoms with Gasteiger partial charge in [-0.15, -0.1) is 0 Å². The molecule has 2 aliphatic rings. The van der Waals surface area contributed by atoms with E-state index in [1.165, 1.54) is 12.8 Å². The van der Waals surface area contributed by atoms with Gasteiger partial charge in [0, 0.05) is 37.4 Å². The Labute approximate surface area is 136 Å². The number of allylic oxidation sites excluding steroid dienone is 2. The highest BCUT2D eigenvalue weighted by atomic mass is 16.2. The average molecular weight is 310 g/mol. The molecule has 23 heavy (non-hydrogen) atoms. The van der Waals surface area contributed by atoms with Gasteiger partial charge in [-0.05, 0) is 44.4 Å². The molecule has 1 amide bonds. The first kappa shape index (κ1) is 14.4. The summed E-state index contributed by atoms with van der Waals surface area (Å²) in [4.78, 5) is 23.7. The van der Waals surface area contributed by atoms with Crippen LogP contribution in [0, 0.1) is 17.8 Å². The second-order valence-electron chi connectivity index (χ2n) is 7.03. The highest BCUT2D eigenvalue weighted by molar-refractivity contribution is 5.97. The number of amides is 1. The van der Waals surface area contributed by atoms with Crippen LogP contribution in [-0.2, 0) is 0 Å². The Morgan fingerprint density at radius 3 is 2.70 bits per heavy atom. The van der Waals surface area contributed by atoms with E-state index in [0.717, 1.165) is 12.5 Å². The predicted octanol–water partition coefficient (Wildman–Crippen LogP) is 2.79. The summed E-state index contributed by atoms with van der Waals surface area (Å²) in [5.74, 6) is 1.94. The Kier molecular flexibility index (Phi) is 3.43. The molecule has 1 fully saturated rings. The molecule has 0 unspecified atom stereocenters. The van der Waals surface area contributed by atoms with Gasteiger partial charge in [-0.3, -0.25) is 4.79 Å². The SMILES string of the molecule is CC(C)N(C[C@H]1C[C@H]2C=C[C@H]1C2)C(=O)c1nccn2ccnc12. The quantitative estimate of drug-likeness (QED) is 0.816. The van der Waals surface area contributed by atoms with Crippen molar-refractivity contribution in [3.63, 3.8) is 0 Å². The van der Waals surface area contributed by atoms with Gasteiger partial charge in [0.1, 0.15) is 0 Å². The highest BCUT2D eigenvalue weighted by Crippen LogP contribution is 2.43. The average Bonchev–Trinajstić information content (AvgIpc) is 3.26. The maximum atomic E-state index is 13.1. The van der Waals surface area contributed by atoms with Crippen molar-refractivity contribution in [2.24, 2.45) is 17.8 Å². The van der Waals surface area contributed by atoms with Gasteiger partial charge in [-0.2, -0.15) is 0 Å². The van der Waals surface area contributed by atoms with Crippen molar-refractivity contribution >= 4 is 11.6 Å². The first-order valence-electron chi connectivity index (χ1n) is 8.40. The molecule has 1 saturated carbocycles.